The lowest BCUT2D eigenvalue weighted by Crippen LogP contribution is -2.62. The Bertz CT molecular complexity index is 1540. The second kappa shape index (κ2) is 24.6. The van der Waals surface area contributed by atoms with Crippen LogP contribution in [0.5, 0.6) is 0 Å². The number of imidazole rings is 1. The van der Waals surface area contributed by atoms with Gasteiger partial charge in [0.1, 0.15) is 36.3 Å². The maximum Gasteiger partial charge on any atom is 0.326 e. The minimum Gasteiger partial charge on any atom is -0.480 e. The number of H-pyrrole nitrogens is 1. The molecular formula is C36H62N10O12. The highest BCUT2D eigenvalue weighted by Gasteiger charge is 2.36. The standard InChI is InChI=1S/C36H62N10O12/c1-16(2)9-22(37)30(51)39-13-26(50)44-28(19(7)48)35(56)45-27(18(5)6)33(54)43-25(14-47)32(53)41-23(10-17(3)4)31(52)46-29(20(8)49)34(55)42-24(36(57)58)11-21-12-38-15-40-21/h12,15-20,22-25,27-29,47-49H,9-11,13-14,37H2,1-8H3,(H,38,40)(H,39,51)(H,41,53)(H,42,55)(H,43,54)(H,44,50)(H,45,56)(H,46,52)(H,57,58)/t19-,20-,22+,23+,24+,25+,27+,28+,29+/m1/s1. The molecule has 328 valence electrons. The Morgan fingerprint density at radius 3 is 1.62 bits per heavy atom. The highest BCUT2D eigenvalue weighted by atomic mass is 16.4. The van der Waals surface area contributed by atoms with Crippen molar-refractivity contribution < 1.29 is 58.8 Å². The molecule has 0 fully saturated rings. The second-order valence-electron chi connectivity index (χ2n) is 15.3. The zero-order chi connectivity index (χ0) is 44.4. The van der Waals surface area contributed by atoms with Gasteiger partial charge in [0.15, 0.2) is 0 Å². The molecule has 0 bridgehead atoms. The van der Waals surface area contributed by atoms with Crippen LogP contribution in [0.25, 0.3) is 0 Å². The van der Waals surface area contributed by atoms with Crippen LogP contribution < -0.4 is 43.0 Å². The van der Waals surface area contributed by atoms with E-state index in [2.05, 4.69) is 47.2 Å². The van der Waals surface area contributed by atoms with Crippen molar-refractivity contribution in [1.29, 1.82) is 0 Å². The molecule has 7 amide bonds. The minimum absolute atomic E-state index is 0.0129. The molecule has 0 aliphatic carbocycles. The van der Waals surface area contributed by atoms with Crippen molar-refractivity contribution in [2.45, 2.75) is 129 Å². The molecule has 0 aliphatic heterocycles. The summed E-state index contributed by atoms with van der Waals surface area (Å²) in [5.41, 5.74) is 6.22. The van der Waals surface area contributed by atoms with Gasteiger partial charge in [0.2, 0.25) is 41.4 Å². The quantitative estimate of drug-likeness (QED) is 0.0446. The van der Waals surface area contributed by atoms with Crippen molar-refractivity contribution in [2.75, 3.05) is 13.2 Å². The van der Waals surface area contributed by atoms with Gasteiger partial charge in [-0.3, -0.25) is 33.6 Å². The Hall–Kier alpha value is -5.19. The number of nitrogens with zero attached hydrogens (tertiary/aromatic N) is 1. The van der Waals surface area contributed by atoms with E-state index in [9.17, 15) is 58.8 Å². The average molecular weight is 827 g/mol. The number of aromatic nitrogens is 2. The fourth-order valence-electron chi connectivity index (χ4n) is 5.49. The van der Waals surface area contributed by atoms with Crippen LogP contribution in [0, 0.1) is 17.8 Å². The second-order valence-corrected chi connectivity index (χ2v) is 15.3. The molecule has 0 aliphatic rings. The maximum absolute atomic E-state index is 13.5. The summed E-state index contributed by atoms with van der Waals surface area (Å²) in [5.74, 6) is -8.48. The molecule has 0 radical (unpaired) electrons. The SMILES string of the molecule is CC(C)C[C@H](NC(=O)[C@H](CO)NC(=O)[C@@H](NC(=O)[C@@H](NC(=O)CNC(=O)[C@@H](N)CC(C)C)[C@@H](C)O)C(C)C)C(=O)N[C@H](C(=O)N[C@@H](Cc1cnc[nH]1)C(=O)O)[C@@H](C)O. The van der Waals surface area contributed by atoms with E-state index in [0.717, 1.165) is 0 Å². The maximum atomic E-state index is 13.5. The molecule has 0 saturated heterocycles. The van der Waals surface area contributed by atoms with Gasteiger partial charge in [-0.25, -0.2) is 9.78 Å². The third kappa shape index (κ3) is 17.5. The molecule has 0 spiro atoms. The van der Waals surface area contributed by atoms with E-state index in [1.165, 1.54) is 26.4 Å². The van der Waals surface area contributed by atoms with Crippen molar-refractivity contribution in [3.8, 4) is 0 Å². The topological polar surface area (TPSA) is 356 Å². The summed E-state index contributed by atoms with van der Waals surface area (Å²) in [5, 5.41) is 56.8. The number of hydrogen-bond donors (Lipinski definition) is 13. The molecule has 1 rings (SSSR count). The van der Waals surface area contributed by atoms with Crippen LogP contribution in [0.2, 0.25) is 0 Å². The molecule has 0 aromatic carbocycles. The Morgan fingerprint density at radius 1 is 0.655 bits per heavy atom. The first kappa shape index (κ1) is 50.8. The van der Waals surface area contributed by atoms with Crippen molar-refractivity contribution in [3.63, 3.8) is 0 Å². The average Bonchev–Trinajstić information content (AvgIpc) is 3.64. The summed E-state index contributed by atoms with van der Waals surface area (Å²) in [6.45, 7) is 11.2. The van der Waals surface area contributed by atoms with Crippen LogP contribution in [-0.2, 0) is 44.8 Å². The molecule has 14 N–H and O–H groups in total. The van der Waals surface area contributed by atoms with Crippen LogP contribution in [0.1, 0.15) is 73.9 Å². The first-order valence-electron chi connectivity index (χ1n) is 19.0. The summed E-state index contributed by atoms with van der Waals surface area (Å²) < 4.78 is 0. The normalized spacial score (nSPS) is 16.1. The number of aromatic amines is 1. The molecule has 1 aromatic heterocycles. The van der Waals surface area contributed by atoms with Crippen LogP contribution in [0.15, 0.2) is 12.5 Å². The van der Waals surface area contributed by atoms with Gasteiger partial charge in [0.05, 0.1) is 37.7 Å². The number of amides is 7. The van der Waals surface area contributed by atoms with E-state index in [1.54, 1.807) is 27.7 Å². The lowest BCUT2D eigenvalue weighted by molar-refractivity contribution is -0.143. The van der Waals surface area contributed by atoms with Gasteiger partial charge in [0, 0.05) is 18.3 Å². The first-order chi connectivity index (χ1) is 27.0. The van der Waals surface area contributed by atoms with E-state index in [4.69, 9.17) is 5.73 Å². The highest BCUT2D eigenvalue weighted by molar-refractivity contribution is 5.97. The number of carbonyl (C=O) groups excluding carboxylic acids is 7. The van der Waals surface area contributed by atoms with Gasteiger partial charge in [0.25, 0.3) is 0 Å². The summed E-state index contributed by atoms with van der Waals surface area (Å²) in [6.07, 6.45) is -0.119. The summed E-state index contributed by atoms with van der Waals surface area (Å²) >= 11 is 0. The lowest BCUT2D eigenvalue weighted by Gasteiger charge is -2.29. The number of aliphatic hydroxyl groups is 3. The van der Waals surface area contributed by atoms with Gasteiger partial charge < -0.3 is 68.4 Å². The fourth-order valence-corrected chi connectivity index (χ4v) is 5.49. The van der Waals surface area contributed by atoms with Crippen LogP contribution in [0.4, 0.5) is 0 Å². The van der Waals surface area contributed by atoms with Gasteiger partial charge in [-0.2, -0.15) is 0 Å². The third-order valence-electron chi connectivity index (χ3n) is 8.63. The van der Waals surface area contributed by atoms with Gasteiger partial charge in [-0.05, 0) is 44.4 Å². The molecule has 22 nitrogen and oxygen atoms in total. The van der Waals surface area contributed by atoms with Crippen molar-refractivity contribution in [2.24, 2.45) is 23.5 Å². The minimum atomic E-state index is -1.67. The number of rotatable bonds is 25. The molecule has 9 atom stereocenters. The number of carbonyl (C=O) groups is 8. The Labute approximate surface area is 337 Å². The summed E-state index contributed by atoms with van der Waals surface area (Å²) in [6, 6.07) is -9.97. The van der Waals surface area contributed by atoms with Crippen molar-refractivity contribution in [3.05, 3.63) is 18.2 Å². The molecule has 0 unspecified atom stereocenters. The predicted octanol–water partition coefficient (Wildman–Crippen LogP) is -4.11. The molecule has 58 heavy (non-hydrogen) atoms. The summed E-state index contributed by atoms with van der Waals surface area (Å²) in [4.78, 5) is 110. The largest absolute Gasteiger partial charge is 0.480 e. The van der Waals surface area contributed by atoms with E-state index in [1.807, 2.05) is 13.8 Å². The van der Waals surface area contributed by atoms with Gasteiger partial charge >= 0.3 is 5.97 Å². The van der Waals surface area contributed by atoms with E-state index in [-0.39, 0.29) is 24.7 Å². The van der Waals surface area contributed by atoms with Crippen molar-refractivity contribution in [1.82, 2.24) is 47.2 Å². The van der Waals surface area contributed by atoms with Gasteiger partial charge in [-0.1, -0.05) is 41.5 Å². The molecule has 1 heterocycles. The third-order valence-corrected chi connectivity index (χ3v) is 8.63. The molecule has 0 saturated carbocycles. The zero-order valence-electron chi connectivity index (χ0n) is 34.2. The molecular weight excluding hydrogens is 764 g/mol. The number of aliphatic hydroxyl groups excluding tert-OH is 3. The number of hydrogen-bond acceptors (Lipinski definition) is 13. The van der Waals surface area contributed by atoms with Crippen LogP contribution in [0.3, 0.4) is 0 Å². The number of nitrogens with one attached hydrogen (secondary N) is 8. The van der Waals surface area contributed by atoms with Crippen molar-refractivity contribution >= 4 is 47.3 Å². The highest BCUT2D eigenvalue weighted by Crippen LogP contribution is 2.09. The Kier molecular flexibility index (Phi) is 21.5. The lowest BCUT2D eigenvalue weighted by atomic mass is 10.0. The number of aliphatic carboxylic acids is 1. The number of nitrogens with two attached hydrogens (primary N) is 1. The predicted molar refractivity (Wildman–Crippen MR) is 207 cm³/mol. The fraction of sp³-hybridized carbons (Fsp3) is 0.694. The van der Waals surface area contributed by atoms with Crippen LogP contribution in [-0.4, -0.2) is 145 Å². The smallest absolute Gasteiger partial charge is 0.326 e. The van der Waals surface area contributed by atoms with Crippen LogP contribution >= 0.6 is 0 Å². The molecule has 1 aromatic rings. The summed E-state index contributed by atoms with van der Waals surface area (Å²) in [7, 11) is 0. The monoisotopic (exact) mass is 826 g/mol. The van der Waals surface area contributed by atoms with Gasteiger partial charge in [-0.15, -0.1) is 0 Å². The molecule has 22 heteroatoms. The Balaban J connectivity index is 3.05. The van der Waals surface area contributed by atoms with E-state index >= 15 is 0 Å². The number of carboxylic acid groups (broad SMARTS) is 1. The number of carboxylic acids is 1. The first-order valence-corrected chi connectivity index (χ1v) is 19.0. The van der Waals surface area contributed by atoms with E-state index < -0.39 is 121 Å². The zero-order valence-corrected chi connectivity index (χ0v) is 34.2. The Morgan fingerprint density at radius 2 is 1.14 bits per heavy atom. The van der Waals surface area contributed by atoms with E-state index in [0.29, 0.717) is 12.1 Å².